The average Bonchev–Trinajstić information content (AvgIpc) is 2.42. The fourth-order valence-corrected chi connectivity index (χ4v) is 5.35. The van der Waals surface area contributed by atoms with Crippen molar-refractivity contribution in [1.82, 2.24) is 4.98 Å². The van der Waals surface area contributed by atoms with E-state index in [-0.39, 0.29) is 17.7 Å². The Kier molecular flexibility index (Phi) is 3.68. The number of hydrogen-bond donors (Lipinski definition) is 2. The van der Waals surface area contributed by atoms with E-state index in [1.54, 1.807) is 0 Å². The van der Waals surface area contributed by atoms with Gasteiger partial charge in [-0.2, -0.15) is 0 Å². The monoisotopic (exact) mass is 330 g/mol. The summed E-state index contributed by atoms with van der Waals surface area (Å²) in [5, 5.41) is 0. The van der Waals surface area contributed by atoms with Crippen molar-refractivity contribution in [1.29, 1.82) is 0 Å². The predicted molar refractivity (Wildman–Crippen MR) is 95.9 cm³/mol. The molecule has 24 heavy (non-hydrogen) atoms. The summed E-state index contributed by atoms with van der Waals surface area (Å²) < 4.78 is 5.83. The first-order chi connectivity index (χ1) is 11.3. The highest BCUT2D eigenvalue weighted by Crippen LogP contribution is 2.62. The third kappa shape index (κ3) is 2.63. The zero-order valence-electron chi connectivity index (χ0n) is 15.1. The fraction of sp³-hybridized carbons (Fsp3) is 0.737. The van der Waals surface area contributed by atoms with Crippen molar-refractivity contribution < 1.29 is 4.74 Å². The molecular weight excluding hydrogens is 300 g/mol. The molecule has 3 fully saturated rings. The lowest BCUT2D eigenvalue weighted by Gasteiger charge is -2.62. The van der Waals surface area contributed by atoms with Crippen LogP contribution in [0.5, 0.6) is 0 Å². The van der Waals surface area contributed by atoms with E-state index < -0.39 is 0 Å². The first-order valence-electron chi connectivity index (χ1n) is 9.21. The Balaban J connectivity index is 1.50. The zero-order valence-corrected chi connectivity index (χ0v) is 15.1. The topological polar surface area (TPSA) is 77.4 Å². The van der Waals surface area contributed by atoms with Gasteiger partial charge in [0.15, 0.2) is 0 Å². The number of rotatable bonds is 2. The van der Waals surface area contributed by atoms with Gasteiger partial charge in [-0.05, 0) is 69.1 Å². The van der Waals surface area contributed by atoms with Crippen LogP contribution in [0.4, 0.5) is 5.82 Å². The van der Waals surface area contributed by atoms with E-state index in [1.165, 1.54) is 11.1 Å². The van der Waals surface area contributed by atoms with Crippen LogP contribution in [-0.2, 0) is 10.3 Å². The number of nitrogens with two attached hydrogens (primary N) is 2. The Hall–Kier alpha value is -1.17. The quantitative estimate of drug-likeness (QED) is 0.868. The lowest BCUT2D eigenvalue weighted by Crippen LogP contribution is -2.63. The van der Waals surface area contributed by atoms with Crippen molar-refractivity contribution >= 4 is 5.82 Å². The van der Waals surface area contributed by atoms with Crippen LogP contribution >= 0.6 is 0 Å². The van der Waals surface area contributed by atoms with E-state index in [9.17, 15) is 0 Å². The minimum Gasteiger partial charge on any atom is -0.372 e. The number of pyridine rings is 1. The molecule has 0 radical (unpaired) electrons. The first kappa shape index (κ1) is 16.3. The summed E-state index contributed by atoms with van der Waals surface area (Å²) >= 11 is 0. The molecule has 2 atom stereocenters. The molecule has 0 unspecified atom stereocenters. The molecule has 5 nitrogen and oxygen atoms in total. The van der Waals surface area contributed by atoms with Crippen LogP contribution in [0, 0.1) is 12.3 Å². The second kappa shape index (κ2) is 5.41. The largest absolute Gasteiger partial charge is 0.372 e. The summed E-state index contributed by atoms with van der Waals surface area (Å²) in [6, 6.07) is 2.64. The number of aromatic nitrogens is 1. The Morgan fingerprint density at radius 3 is 2.38 bits per heavy atom. The minimum atomic E-state index is -0.206. The Labute approximate surface area is 144 Å². The van der Waals surface area contributed by atoms with Crippen LogP contribution in [-0.4, -0.2) is 36.3 Å². The van der Waals surface area contributed by atoms with Crippen LogP contribution in [0.3, 0.4) is 0 Å². The molecular formula is C19H30N4O. The molecule has 1 saturated heterocycles. The molecule has 132 valence electrons. The summed E-state index contributed by atoms with van der Waals surface area (Å²) in [5.74, 6) is 1.07. The minimum absolute atomic E-state index is 0.206. The number of anilines is 1. The lowest BCUT2D eigenvalue weighted by molar-refractivity contribution is -0.0591. The third-order valence-corrected chi connectivity index (χ3v) is 6.12. The summed E-state index contributed by atoms with van der Waals surface area (Å²) in [6.07, 6.45) is 6.87. The molecule has 0 aromatic carbocycles. The molecule has 1 aromatic rings. The Morgan fingerprint density at radius 1 is 1.21 bits per heavy atom. The van der Waals surface area contributed by atoms with Gasteiger partial charge in [0.05, 0.1) is 12.2 Å². The summed E-state index contributed by atoms with van der Waals surface area (Å²) in [6.45, 7) is 8.18. The van der Waals surface area contributed by atoms with Crippen molar-refractivity contribution in [2.75, 3.05) is 18.0 Å². The number of hydrogen-bond acceptors (Lipinski definition) is 5. The summed E-state index contributed by atoms with van der Waals surface area (Å²) in [4.78, 5) is 7.13. The lowest BCUT2D eigenvalue weighted by atomic mass is 9.46. The van der Waals surface area contributed by atoms with Crippen molar-refractivity contribution in [2.45, 2.75) is 70.2 Å². The van der Waals surface area contributed by atoms with Crippen molar-refractivity contribution in [3.05, 3.63) is 23.4 Å². The highest BCUT2D eigenvalue weighted by molar-refractivity contribution is 5.49. The average molecular weight is 330 g/mol. The van der Waals surface area contributed by atoms with Crippen LogP contribution in [0.25, 0.3) is 0 Å². The van der Waals surface area contributed by atoms with Crippen molar-refractivity contribution in [2.24, 2.45) is 16.9 Å². The van der Waals surface area contributed by atoms with Crippen molar-refractivity contribution in [3.8, 4) is 0 Å². The first-order valence-corrected chi connectivity index (χ1v) is 9.21. The molecule has 2 aliphatic carbocycles. The van der Waals surface area contributed by atoms with Crippen LogP contribution < -0.4 is 16.4 Å². The van der Waals surface area contributed by atoms with Gasteiger partial charge >= 0.3 is 0 Å². The van der Waals surface area contributed by atoms with E-state index in [1.807, 2.05) is 6.20 Å². The molecule has 1 spiro atoms. The van der Waals surface area contributed by atoms with Gasteiger partial charge in [0, 0.05) is 30.9 Å². The predicted octanol–water partition coefficient (Wildman–Crippen LogP) is 2.06. The standard InChI is InChI=1S/C19H30N4O/c1-12-4-15(19(21)10-18(11-19)5-16(20)6-18)7-22-17(12)23-8-13(2)24-14(3)9-23/h4,7,13-14,16H,5-6,8-11,20-21H2,1-3H3/t13-,14-,16?,18?,19?/m0/s1. The molecule has 0 amide bonds. The maximum atomic E-state index is 6.68. The fourth-order valence-electron chi connectivity index (χ4n) is 5.35. The van der Waals surface area contributed by atoms with Gasteiger partial charge < -0.3 is 21.1 Å². The molecule has 1 aliphatic heterocycles. The number of aryl methyl sites for hydroxylation is 1. The molecule has 2 saturated carbocycles. The summed E-state index contributed by atoms with van der Waals surface area (Å²) in [7, 11) is 0. The van der Waals surface area contributed by atoms with Gasteiger partial charge in [0.25, 0.3) is 0 Å². The molecule has 4 rings (SSSR count). The normalized spacial score (nSPS) is 41.9. The highest BCUT2D eigenvalue weighted by Gasteiger charge is 2.58. The van der Waals surface area contributed by atoms with E-state index in [2.05, 4.69) is 31.7 Å². The summed E-state index contributed by atoms with van der Waals surface area (Å²) in [5.41, 5.74) is 15.3. The van der Waals surface area contributed by atoms with Crippen LogP contribution in [0.1, 0.15) is 50.7 Å². The van der Waals surface area contributed by atoms with Gasteiger partial charge in [-0.3, -0.25) is 0 Å². The SMILES string of the molecule is Cc1cc(C2(N)CC3(CC(N)C3)C2)cnc1N1C[C@H](C)O[C@@H](C)C1. The maximum Gasteiger partial charge on any atom is 0.131 e. The number of ether oxygens (including phenoxy) is 1. The third-order valence-electron chi connectivity index (χ3n) is 6.12. The van der Waals surface area contributed by atoms with Crippen molar-refractivity contribution in [3.63, 3.8) is 0 Å². The Bertz CT molecular complexity index is 622. The molecule has 5 heteroatoms. The molecule has 3 aliphatic rings. The van der Waals surface area contributed by atoms with E-state index >= 15 is 0 Å². The second-order valence-corrected chi connectivity index (χ2v) is 8.70. The van der Waals surface area contributed by atoms with Gasteiger partial charge in [-0.1, -0.05) is 0 Å². The molecule has 4 N–H and O–H groups in total. The van der Waals surface area contributed by atoms with Gasteiger partial charge in [0.2, 0.25) is 0 Å². The number of morpholine rings is 1. The van der Waals surface area contributed by atoms with Gasteiger partial charge in [-0.25, -0.2) is 4.98 Å². The highest BCUT2D eigenvalue weighted by atomic mass is 16.5. The Morgan fingerprint density at radius 2 is 1.83 bits per heavy atom. The van der Waals surface area contributed by atoms with E-state index in [0.29, 0.717) is 11.5 Å². The van der Waals surface area contributed by atoms with E-state index in [4.69, 9.17) is 21.2 Å². The smallest absolute Gasteiger partial charge is 0.131 e. The molecule has 2 heterocycles. The van der Waals surface area contributed by atoms with Gasteiger partial charge in [-0.15, -0.1) is 0 Å². The van der Waals surface area contributed by atoms with Crippen LogP contribution in [0.2, 0.25) is 0 Å². The molecule has 1 aromatic heterocycles. The zero-order chi connectivity index (χ0) is 17.1. The second-order valence-electron chi connectivity index (χ2n) is 8.70. The van der Waals surface area contributed by atoms with E-state index in [0.717, 1.165) is 44.6 Å². The van der Waals surface area contributed by atoms with Gasteiger partial charge in [0.1, 0.15) is 5.82 Å². The molecule has 0 bridgehead atoms. The number of nitrogens with zero attached hydrogens (tertiary/aromatic N) is 2. The maximum absolute atomic E-state index is 6.68. The van der Waals surface area contributed by atoms with Crippen LogP contribution in [0.15, 0.2) is 12.3 Å².